The normalized spacial score (nSPS) is 21.3. The summed E-state index contributed by atoms with van der Waals surface area (Å²) in [6, 6.07) is 1.46. The molecule has 0 bridgehead atoms. The monoisotopic (exact) mass is 289 g/mol. The highest BCUT2D eigenvalue weighted by Gasteiger charge is 2.34. The van der Waals surface area contributed by atoms with Crippen LogP contribution in [0.4, 0.5) is 0 Å². The predicted molar refractivity (Wildman–Crippen MR) is 70.1 cm³/mol. The molecule has 1 saturated heterocycles. The molecule has 100 valence electrons. The van der Waals surface area contributed by atoms with Gasteiger partial charge in [0.2, 0.25) is 10.0 Å². The van der Waals surface area contributed by atoms with Crippen molar-refractivity contribution in [2.45, 2.75) is 23.8 Å². The van der Waals surface area contributed by atoms with Gasteiger partial charge in [0.05, 0.1) is 5.02 Å². The maximum Gasteiger partial charge on any atom is 0.244 e. The van der Waals surface area contributed by atoms with E-state index >= 15 is 0 Å². The molecular weight excluding hydrogens is 274 g/mol. The van der Waals surface area contributed by atoms with Crippen molar-refractivity contribution >= 4 is 21.6 Å². The van der Waals surface area contributed by atoms with Gasteiger partial charge in [0, 0.05) is 31.5 Å². The number of hydrogen-bond donors (Lipinski definition) is 1. The summed E-state index contributed by atoms with van der Waals surface area (Å²) in [4.78, 5) is 4.00. The number of rotatable bonds is 4. The first-order valence-electron chi connectivity index (χ1n) is 5.82. The van der Waals surface area contributed by atoms with Gasteiger partial charge in [0.25, 0.3) is 0 Å². The molecule has 0 radical (unpaired) electrons. The second-order valence-electron chi connectivity index (χ2n) is 4.31. The van der Waals surface area contributed by atoms with Crippen LogP contribution in [0.15, 0.2) is 23.4 Å². The van der Waals surface area contributed by atoms with Crippen LogP contribution in [0.3, 0.4) is 0 Å². The van der Waals surface area contributed by atoms with Gasteiger partial charge in [-0.05, 0) is 26.0 Å². The lowest BCUT2D eigenvalue weighted by molar-refractivity contribution is 0.379. The summed E-state index contributed by atoms with van der Waals surface area (Å²) < 4.78 is 26.5. The summed E-state index contributed by atoms with van der Waals surface area (Å²) >= 11 is 5.80. The van der Waals surface area contributed by atoms with Crippen LogP contribution in [0.25, 0.3) is 0 Å². The molecule has 0 saturated carbocycles. The van der Waals surface area contributed by atoms with Crippen molar-refractivity contribution in [3.8, 4) is 0 Å². The van der Waals surface area contributed by atoms with Gasteiger partial charge >= 0.3 is 0 Å². The second kappa shape index (κ2) is 5.52. The zero-order valence-corrected chi connectivity index (χ0v) is 11.7. The molecule has 2 rings (SSSR count). The van der Waals surface area contributed by atoms with Crippen molar-refractivity contribution in [3.05, 3.63) is 23.5 Å². The minimum atomic E-state index is -3.49. The average molecular weight is 290 g/mol. The summed E-state index contributed by atoms with van der Waals surface area (Å²) in [6.07, 6.45) is 4.54. The first-order chi connectivity index (χ1) is 8.55. The molecule has 0 amide bonds. The van der Waals surface area contributed by atoms with E-state index in [0.29, 0.717) is 18.1 Å². The fourth-order valence-electron chi connectivity index (χ4n) is 2.23. The molecule has 0 aliphatic carbocycles. The zero-order chi connectivity index (χ0) is 13.2. The maximum atomic E-state index is 12.5. The van der Waals surface area contributed by atoms with E-state index in [4.69, 9.17) is 11.6 Å². The molecule has 2 heterocycles. The number of hydrogen-bond acceptors (Lipinski definition) is 4. The minimum Gasteiger partial charge on any atom is -0.318 e. The number of nitrogens with one attached hydrogen (secondary N) is 1. The van der Waals surface area contributed by atoms with Gasteiger partial charge in [-0.3, -0.25) is 4.98 Å². The summed E-state index contributed by atoms with van der Waals surface area (Å²) in [7, 11) is -1.66. The van der Waals surface area contributed by atoms with Gasteiger partial charge in [-0.25, -0.2) is 8.42 Å². The van der Waals surface area contributed by atoms with Gasteiger partial charge in [-0.1, -0.05) is 11.6 Å². The molecule has 1 fully saturated rings. The highest BCUT2D eigenvalue weighted by Crippen LogP contribution is 2.26. The molecular formula is C11H16ClN3O2S. The van der Waals surface area contributed by atoms with Crippen molar-refractivity contribution in [2.24, 2.45) is 0 Å². The van der Waals surface area contributed by atoms with Crippen LogP contribution in [-0.2, 0) is 10.0 Å². The lowest BCUT2D eigenvalue weighted by Crippen LogP contribution is -2.40. The van der Waals surface area contributed by atoms with Gasteiger partial charge in [-0.15, -0.1) is 0 Å². The van der Waals surface area contributed by atoms with Crippen LogP contribution in [0.1, 0.15) is 12.8 Å². The first kappa shape index (κ1) is 13.7. The van der Waals surface area contributed by atoms with E-state index in [1.54, 1.807) is 0 Å². The fourth-order valence-corrected chi connectivity index (χ4v) is 4.16. The third kappa shape index (κ3) is 2.66. The van der Waals surface area contributed by atoms with Crippen molar-refractivity contribution in [1.82, 2.24) is 14.6 Å². The number of halogens is 1. The molecule has 1 aliphatic heterocycles. The Bertz CT molecular complexity index is 521. The molecule has 0 aromatic carbocycles. The Morgan fingerprint density at radius 3 is 3.00 bits per heavy atom. The average Bonchev–Trinajstić information content (AvgIpc) is 2.78. The lowest BCUT2D eigenvalue weighted by atomic mass is 10.2. The molecule has 1 atom stereocenters. The molecule has 1 unspecified atom stereocenters. The number of nitrogens with zero attached hydrogens (tertiary/aromatic N) is 2. The van der Waals surface area contributed by atoms with E-state index in [1.165, 1.54) is 22.8 Å². The third-order valence-corrected chi connectivity index (χ3v) is 5.17. The second-order valence-corrected chi connectivity index (χ2v) is 6.64. The molecule has 18 heavy (non-hydrogen) atoms. The third-order valence-electron chi connectivity index (χ3n) is 3.05. The minimum absolute atomic E-state index is 0.0129. The van der Waals surface area contributed by atoms with E-state index in [0.717, 1.165) is 12.8 Å². The SMILES string of the molecule is CNCC1CCCN1S(=O)(=O)c1cncc(Cl)c1. The Kier molecular flexibility index (Phi) is 4.21. The lowest BCUT2D eigenvalue weighted by Gasteiger charge is -2.23. The number of sulfonamides is 1. The smallest absolute Gasteiger partial charge is 0.244 e. The molecule has 1 N–H and O–H groups in total. The first-order valence-corrected chi connectivity index (χ1v) is 7.64. The van der Waals surface area contributed by atoms with E-state index in [9.17, 15) is 8.42 Å². The van der Waals surface area contributed by atoms with Crippen molar-refractivity contribution in [1.29, 1.82) is 0 Å². The van der Waals surface area contributed by atoms with E-state index < -0.39 is 10.0 Å². The Morgan fingerprint density at radius 1 is 1.56 bits per heavy atom. The Balaban J connectivity index is 2.30. The summed E-state index contributed by atoms with van der Waals surface area (Å²) in [5.74, 6) is 0. The molecule has 1 aromatic heterocycles. The van der Waals surface area contributed by atoms with E-state index in [2.05, 4.69) is 10.3 Å². The summed E-state index contributed by atoms with van der Waals surface area (Å²) in [6.45, 7) is 1.22. The van der Waals surface area contributed by atoms with Gasteiger partial charge in [0.1, 0.15) is 4.90 Å². The quantitative estimate of drug-likeness (QED) is 0.902. The van der Waals surface area contributed by atoms with Crippen LogP contribution >= 0.6 is 11.6 Å². The van der Waals surface area contributed by atoms with Crippen molar-refractivity contribution < 1.29 is 8.42 Å². The van der Waals surface area contributed by atoms with Gasteiger partial charge in [-0.2, -0.15) is 4.31 Å². The van der Waals surface area contributed by atoms with Crippen molar-refractivity contribution in [3.63, 3.8) is 0 Å². The highest BCUT2D eigenvalue weighted by molar-refractivity contribution is 7.89. The molecule has 7 heteroatoms. The Labute approximate surface area is 112 Å². The fraction of sp³-hybridized carbons (Fsp3) is 0.545. The molecule has 5 nitrogen and oxygen atoms in total. The molecule has 0 spiro atoms. The van der Waals surface area contributed by atoms with Gasteiger partial charge < -0.3 is 5.32 Å². The van der Waals surface area contributed by atoms with Crippen LogP contribution in [0.5, 0.6) is 0 Å². The molecule has 1 aliphatic rings. The van der Waals surface area contributed by atoms with Crippen LogP contribution in [0, 0.1) is 0 Å². The largest absolute Gasteiger partial charge is 0.318 e. The maximum absolute atomic E-state index is 12.5. The van der Waals surface area contributed by atoms with Gasteiger partial charge in [0.15, 0.2) is 0 Å². The van der Waals surface area contributed by atoms with Crippen LogP contribution in [0.2, 0.25) is 5.02 Å². The Morgan fingerprint density at radius 2 is 2.33 bits per heavy atom. The van der Waals surface area contributed by atoms with Crippen LogP contribution < -0.4 is 5.32 Å². The van der Waals surface area contributed by atoms with Crippen molar-refractivity contribution in [2.75, 3.05) is 20.1 Å². The number of pyridine rings is 1. The van der Waals surface area contributed by atoms with E-state index in [1.807, 2.05) is 7.05 Å². The topological polar surface area (TPSA) is 62.3 Å². The molecule has 1 aromatic rings. The standard InChI is InChI=1S/C11H16ClN3O2S/c1-13-7-10-3-2-4-15(10)18(16,17)11-5-9(12)6-14-8-11/h5-6,8,10,13H,2-4,7H2,1H3. The summed E-state index contributed by atoms with van der Waals surface area (Å²) in [5, 5.41) is 3.36. The van der Waals surface area contributed by atoms with E-state index in [-0.39, 0.29) is 10.9 Å². The highest BCUT2D eigenvalue weighted by atomic mass is 35.5. The van der Waals surface area contributed by atoms with Crippen LogP contribution in [-0.4, -0.2) is 43.9 Å². The zero-order valence-electron chi connectivity index (χ0n) is 10.1. The number of likely N-dealkylation sites (N-methyl/N-ethyl adjacent to an activating group) is 1. The number of aromatic nitrogens is 1. The predicted octanol–water partition coefficient (Wildman–Crippen LogP) is 1.11. The summed E-state index contributed by atoms with van der Waals surface area (Å²) in [5.41, 5.74) is 0. The Hall–Kier alpha value is -0.690.